The molecule has 2 fully saturated rings. The Kier molecular flexibility index (Phi) is 9.98. The van der Waals surface area contributed by atoms with Gasteiger partial charge in [0.15, 0.2) is 5.82 Å². The Labute approximate surface area is 328 Å². The second kappa shape index (κ2) is 15.1. The number of carbonyl (C=O) groups is 4. The number of allylic oxidation sites excluding steroid dienone is 1. The third-order valence-electron chi connectivity index (χ3n) is 10.1. The molecular weight excluding hydrogens is 782 g/mol. The van der Waals surface area contributed by atoms with Crippen LogP contribution >= 0.6 is 0 Å². The van der Waals surface area contributed by atoms with Crippen molar-refractivity contribution in [1.29, 1.82) is 0 Å². The number of hydrogen-bond acceptors (Lipinski definition) is 9. The number of imide groups is 1. The van der Waals surface area contributed by atoms with Gasteiger partial charge in [0.2, 0.25) is 11.7 Å². The van der Waals surface area contributed by atoms with Crippen LogP contribution in [0.4, 0.5) is 18.9 Å². The highest BCUT2D eigenvalue weighted by molar-refractivity contribution is 7.90. The Hall–Kier alpha value is -6.53. The topological polar surface area (TPSA) is 180 Å². The van der Waals surface area contributed by atoms with Crippen LogP contribution in [0.5, 0.6) is 11.5 Å². The Morgan fingerprint density at radius 2 is 1.66 bits per heavy atom. The molecule has 3 aliphatic rings. The summed E-state index contributed by atoms with van der Waals surface area (Å²) in [4.78, 5) is 60.4. The third kappa shape index (κ3) is 7.15. The van der Waals surface area contributed by atoms with E-state index in [0.29, 0.717) is 41.2 Å². The number of rotatable bonds is 12. The number of amides is 3. The first-order chi connectivity index (χ1) is 27.8. The van der Waals surface area contributed by atoms with Gasteiger partial charge in [-0.1, -0.05) is 18.7 Å². The first-order valence-corrected chi connectivity index (χ1v) is 19.5. The second-order valence-electron chi connectivity index (χ2n) is 13.8. The maximum absolute atomic E-state index is 15.7. The van der Waals surface area contributed by atoms with Crippen molar-refractivity contribution in [3.8, 4) is 22.6 Å². The van der Waals surface area contributed by atoms with Gasteiger partial charge in [0.25, 0.3) is 11.8 Å². The van der Waals surface area contributed by atoms with Crippen LogP contribution in [0.15, 0.2) is 85.3 Å². The molecule has 2 aromatic heterocycles. The summed E-state index contributed by atoms with van der Waals surface area (Å²) in [5.41, 5.74) is 0.613. The summed E-state index contributed by atoms with van der Waals surface area (Å²) in [5, 5.41) is 2.86. The largest absolute Gasteiger partial charge is 0.490 e. The molecule has 1 unspecified atom stereocenters. The molecule has 3 N–H and O–H groups in total. The monoisotopic (exact) mass is 814 g/mol. The average Bonchev–Trinajstić information content (AvgIpc) is 3.91. The molecule has 0 saturated carbocycles. The SMILES string of the molecule is C=C1CCC(N2C(=O)c3ccc(OCCOc4ccc(-c5cnc6[nH]cc(C(=O)c7c(F)ccc(NS(=O)(=O)N8CC[C@@H](F)C8)c7F)c6c5)cc4)cc3C2=O)C(=O)N1. The Bertz CT molecular complexity index is 2650. The van der Waals surface area contributed by atoms with E-state index in [1.165, 1.54) is 18.3 Å². The van der Waals surface area contributed by atoms with Crippen molar-refractivity contribution in [1.82, 2.24) is 24.5 Å². The summed E-state index contributed by atoms with van der Waals surface area (Å²) >= 11 is 0. The molecule has 58 heavy (non-hydrogen) atoms. The molecule has 0 bridgehead atoms. The van der Waals surface area contributed by atoms with E-state index < -0.39 is 75.4 Å². The lowest BCUT2D eigenvalue weighted by Crippen LogP contribution is -2.51. The van der Waals surface area contributed by atoms with Crippen molar-refractivity contribution in [2.75, 3.05) is 31.0 Å². The van der Waals surface area contributed by atoms with E-state index in [4.69, 9.17) is 9.47 Å². The minimum Gasteiger partial charge on any atom is -0.490 e. The van der Waals surface area contributed by atoms with Crippen LogP contribution in [-0.4, -0.2) is 89.6 Å². The van der Waals surface area contributed by atoms with Crippen molar-refractivity contribution in [2.45, 2.75) is 31.5 Å². The molecule has 2 saturated heterocycles. The average molecular weight is 815 g/mol. The molecule has 3 amide bonds. The van der Waals surface area contributed by atoms with E-state index in [1.807, 2.05) is 4.72 Å². The van der Waals surface area contributed by atoms with E-state index in [-0.39, 0.29) is 53.9 Å². The molecule has 8 rings (SSSR count). The Morgan fingerprint density at radius 1 is 0.931 bits per heavy atom. The molecule has 5 aromatic rings. The van der Waals surface area contributed by atoms with Crippen molar-refractivity contribution in [2.24, 2.45) is 0 Å². The van der Waals surface area contributed by atoms with Gasteiger partial charge in [0.1, 0.15) is 48.4 Å². The standard InChI is InChI=1S/C40H33F3N6O8S/c1-21-2-11-33(38(51)46-21)49-39(52)27-8-7-26(17-29(27)40(49)53)57-15-14-56-25-5-3-22(4-6-25)23-16-28-30(19-45-37(28)44-18-23)36(50)34-31(42)9-10-32(35(34)43)47-58(54,55)48-13-12-24(41)20-48/h3-10,16-19,24,33,47H,1-2,11-15,20H2,(H,44,45)(H,46,51)/t24-,33?/m1/s1. The zero-order valence-electron chi connectivity index (χ0n) is 30.4. The van der Waals surface area contributed by atoms with E-state index in [9.17, 15) is 32.0 Å². The van der Waals surface area contributed by atoms with E-state index in [2.05, 4.69) is 21.9 Å². The molecule has 0 spiro atoms. The van der Waals surface area contributed by atoms with Gasteiger partial charge in [0, 0.05) is 47.7 Å². The number of ketones is 1. The number of H-pyrrole nitrogens is 1. The van der Waals surface area contributed by atoms with Gasteiger partial charge in [-0.2, -0.15) is 12.7 Å². The quantitative estimate of drug-likeness (QED) is 0.0858. The maximum Gasteiger partial charge on any atom is 0.301 e. The number of pyridine rings is 1. The molecule has 2 atom stereocenters. The molecule has 14 nitrogen and oxygen atoms in total. The number of hydrogen-bond donors (Lipinski definition) is 3. The first kappa shape index (κ1) is 38.3. The van der Waals surface area contributed by atoms with Crippen LogP contribution in [0, 0.1) is 11.6 Å². The number of alkyl halides is 1. The maximum atomic E-state index is 15.7. The van der Waals surface area contributed by atoms with Crippen molar-refractivity contribution >= 4 is 50.4 Å². The molecule has 5 heterocycles. The smallest absolute Gasteiger partial charge is 0.301 e. The molecular formula is C40H33F3N6O8S. The normalized spacial score (nSPS) is 18.4. The number of fused-ring (bicyclic) bond motifs is 2. The fourth-order valence-electron chi connectivity index (χ4n) is 7.12. The fourth-order valence-corrected chi connectivity index (χ4v) is 8.38. The van der Waals surface area contributed by atoms with Crippen molar-refractivity contribution in [3.05, 3.63) is 119 Å². The Morgan fingerprint density at radius 3 is 2.38 bits per heavy atom. The highest BCUT2D eigenvalue weighted by Crippen LogP contribution is 2.33. The van der Waals surface area contributed by atoms with Gasteiger partial charge in [0.05, 0.1) is 22.4 Å². The highest BCUT2D eigenvalue weighted by atomic mass is 32.2. The molecule has 0 radical (unpaired) electrons. The summed E-state index contributed by atoms with van der Waals surface area (Å²) in [5.74, 6) is -4.42. The minimum absolute atomic E-state index is 0.0157. The summed E-state index contributed by atoms with van der Waals surface area (Å²) in [7, 11) is -4.38. The van der Waals surface area contributed by atoms with Gasteiger partial charge in [-0.3, -0.25) is 28.8 Å². The number of benzene rings is 3. The predicted molar refractivity (Wildman–Crippen MR) is 203 cm³/mol. The van der Waals surface area contributed by atoms with Gasteiger partial charge in [-0.25, -0.2) is 18.2 Å². The molecule has 298 valence electrons. The van der Waals surface area contributed by atoms with Crippen LogP contribution in [0.1, 0.15) is 55.9 Å². The van der Waals surface area contributed by atoms with Crippen LogP contribution in [0.25, 0.3) is 22.2 Å². The number of anilines is 1. The fraction of sp³-hybridized carbons (Fsp3) is 0.225. The first-order valence-electron chi connectivity index (χ1n) is 18.1. The van der Waals surface area contributed by atoms with Crippen molar-refractivity contribution < 1.29 is 50.2 Å². The van der Waals surface area contributed by atoms with Crippen molar-refractivity contribution in [3.63, 3.8) is 0 Å². The van der Waals surface area contributed by atoms with E-state index in [1.54, 1.807) is 42.6 Å². The highest BCUT2D eigenvalue weighted by Gasteiger charge is 2.44. The third-order valence-corrected chi connectivity index (χ3v) is 11.6. The number of aromatic nitrogens is 2. The number of halogens is 3. The van der Waals surface area contributed by atoms with E-state index in [0.717, 1.165) is 21.3 Å². The lowest BCUT2D eigenvalue weighted by molar-refractivity contribution is -0.125. The molecule has 0 aliphatic carbocycles. The number of piperidine rings is 1. The van der Waals surface area contributed by atoms with Gasteiger partial charge < -0.3 is 19.8 Å². The van der Waals surface area contributed by atoms with Gasteiger partial charge >= 0.3 is 10.2 Å². The van der Waals surface area contributed by atoms with Gasteiger partial charge in [-0.15, -0.1) is 0 Å². The van der Waals surface area contributed by atoms with Crippen LogP contribution in [0.2, 0.25) is 0 Å². The minimum atomic E-state index is -4.38. The van der Waals surface area contributed by atoms with Crippen LogP contribution in [0.3, 0.4) is 0 Å². The Balaban J connectivity index is 0.907. The van der Waals surface area contributed by atoms with Gasteiger partial charge in [-0.05, 0) is 73.4 Å². The summed E-state index contributed by atoms with van der Waals surface area (Å²) in [6.45, 7) is 3.43. The number of carbonyl (C=O) groups excluding carboxylic acids is 4. The molecule has 18 heteroatoms. The summed E-state index contributed by atoms with van der Waals surface area (Å²) in [6.07, 6.45) is 2.17. The van der Waals surface area contributed by atoms with Crippen LogP contribution in [-0.2, 0) is 15.0 Å². The van der Waals surface area contributed by atoms with E-state index >= 15 is 8.78 Å². The summed E-state index contributed by atoms with van der Waals surface area (Å²) < 4.78 is 84.2. The van der Waals surface area contributed by atoms with Crippen LogP contribution < -0.4 is 19.5 Å². The number of aromatic amines is 1. The molecule has 3 aromatic carbocycles. The lowest BCUT2D eigenvalue weighted by Gasteiger charge is -2.29. The molecule has 3 aliphatic heterocycles. The number of ether oxygens (including phenoxy) is 2. The zero-order valence-corrected chi connectivity index (χ0v) is 31.2. The second-order valence-corrected chi connectivity index (χ2v) is 15.5. The summed E-state index contributed by atoms with van der Waals surface area (Å²) in [6, 6.07) is 13.7. The lowest BCUT2D eigenvalue weighted by atomic mass is 10.00. The predicted octanol–water partition coefficient (Wildman–Crippen LogP) is 5.29. The number of nitrogens with zero attached hydrogens (tertiary/aromatic N) is 3. The zero-order chi connectivity index (χ0) is 40.9. The number of nitrogens with one attached hydrogen (secondary N) is 3.